The molecule has 2 saturated heterocycles. The molecule has 0 aromatic carbocycles. The van der Waals surface area contributed by atoms with Crippen LogP contribution in [0.25, 0.3) is 0 Å². The zero-order chi connectivity index (χ0) is 20.6. The van der Waals surface area contributed by atoms with Crippen LogP contribution in [0, 0.1) is 11.8 Å². The second kappa shape index (κ2) is 13.2. The van der Waals surface area contributed by atoms with Crippen molar-refractivity contribution < 1.29 is 17.9 Å². The lowest BCUT2D eigenvalue weighted by Gasteiger charge is -2.35. The Morgan fingerprint density at radius 1 is 1.17 bits per heavy atom. The van der Waals surface area contributed by atoms with Crippen LogP contribution >= 0.6 is 24.0 Å². The largest absolute Gasteiger partial charge is 0.401 e. The van der Waals surface area contributed by atoms with Gasteiger partial charge in [-0.3, -0.25) is 14.8 Å². The van der Waals surface area contributed by atoms with E-state index in [4.69, 9.17) is 4.74 Å². The molecule has 10 heteroatoms. The highest BCUT2D eigenvalue weighted by Gasteiger charge is 2.34. The average Bonchev–Trinajstić information content (AvgIpc) is 3.06. The number of ether oxygens (including phenoxy) is 1. The molecule has 2 heterocycles. The summed E-state index contributed by atoms with van der Waals surface area (Å²) in [6, 6.07) is 0.413. The number of guanidine groups is 1. The molecular formula is C19H37F3IN5O. The van der Waals surface area contributed by atoms with Gasteiger partial charge in [0.2, 0.25) is 0 Å². The van der Waals surface area contributed by atoms with Gasteiger partial charge in [-0.25, -0.2) is 0 Å². The Balaban J connectivity index is 0.00000420. The number of hydrogen-bond acceptors (Lipinski definition) is 4. The van der Waals surface area contributed by atoms with E-state index in [1.165, 1.54) is 4.90 Å². The molecule has 29 heavy (non-hydrogen) atoms. The highest BCUT2D eigenvalue weighted by molar-refractivity contribution is 14.0. The molecule has 0 aromatic heterocycles. The molecule has 2 fully saturated rings. The summed E-state index contributed by atoms with van der Waals surface area (Å²) in [6.45, 7) is 9.51. The van der Waals surface area contributed by atoms with Gasteiger partial charge in [0, 0.05) is 45.8 Å². The first-order valence-electron chi connectivity index (χ1n) is 10.3. The van der Waals surface area contributed by atoms with Crippen LogP contribution in [-0.2, 0) is 4.74 Å². The topological polar surface area (TPSA) is 52.1 Å². The molecule has 0 aromatic rings. The maximum Gasteiger partial charge on any atom is 0.401 e. The summed E-state index contributed by atoms with van der Waals surface area (Å²) < 4.78 is 43.0. The summed E-state index contributed by atoms with van der Waals surface area (Å²) in [5, 5.41) is 6.70. The summed E-state index contributed by atoms with van der Waals surface area (Å²) in [6.07, 6.45) is -2.24. The molecule has 0 amide bonds. The lowest BCUT2D eigenvalue weighted by atomic mass is 10.0. The Morgan fingerprint density at radius 2 is 1.86 bits per heavy atom. The van der Waals surface area contributed by atoms with Gasteiger partial charge in [-0.2, -0.15) is 13.2 Å². The monoisotopic (exact) mass is 535 g/mol. The minimum Gasteiger partial charge on any atom is -0.379 e. The van der Waals surface area contributed by atoms with Crippen LogP contribution in [0.5, 0.6) is 0 Å². The van der Waals surface area contributed by atoms with Crippen LogP contribution in [0.2, 0.25) is 0 Å². The van der Waals surface area contributed by atoms with E-state index in [1.54, 1.807) is 7.05 Å². The van der Waals surface area contributed by atoms with Crippen molar-refractivity contribution in [2.75, 3.05) is 66.1 Å². The number of morpholine rings is 1. The van der Waals surface area contributed by atoms with Crippen molar-refractivity contribution in [1.29, 1.82) is 0 Å². The first kappa shape index (κ1) is 26.7. The highest BCUT2D eigenvalue weighted by Crippen LogP contribution is 2.22. The van der Waals surface area contributed by atoms with Gasteiger partial charge in [0.05, 0.1) is 19.8 Å². The first-order chi connectivity index (χ1) is 13.3. The number of aliphatic imine (C=N–C) groups is 1. The SMILES string of the molecule is CN=C(NCC1CCN(CC(F)(F)F)C1)NCC(CC(C)C)N1CCOCC1.I. The minimum absolute atomic E-state index is 0. The van der Waals surface area contributed by atoms with E-state index in [0.717, 1.165) is 51.6 Å². The number of halogens is 4. The van der Waals surface area contributed by atoms with Crippen molar-refractivity contribution in [1.82, 2.24) is 20.4 Å². The van der Waals surface area contributed by atoms with Crippen molar-refractivity contribution >= 4 is 29.9 Å². The first-order valence-corrected chi connectivity index (χ1v) is 10.3. The Hall–Kier alpha value is -0.330. The minimum atomic E-state index is -4.12. The zero-order valence-electron chi connectivity index (χ0n) is 17.8. The van der Waals surface area contributed by atoms with Gasteiger partial charge in [0.1, 0.15) is 0 Å². The summed E-state index contributed by atoms with van der Waals surface area (Å²) >= 11 is 0. The van der Waals surface area contributed by atoms with Gasteiger partial charge in [0.25, 0.3) is 0 Å². The Kier molecular flexibility index (Phi) is 12.1. The molecule has 2 rings (SSSR count). The van der Waals surface area contributed by atoms with Gasteiger partial charge >= 0.3 is 6.18 Å². The molecular weight excluding hydrogens is 498 g/mol. The van der Waals surface area contributed by atoms with E-state index in [1.807, 2.05) is 0 Å². The third-order valence-electron chi connectivity index (χ3n) is 5.37. The highest BCUT2D eigenvalue weighted by atomic mass is 127. The summed E-state index contributed by atoms with van der Waals surface area (Å²) in [7, 11) is 1.73. The molecule has 0 bridgehead atoms. The Bertz CT molecular complexity index is 487. The standard InChI is InChI=1S/C19H36F3N5O.HI/c1-15(2)10-17(27-6-8-28-9-7-27)12-25-18(23-3)24-11-16-4-5-26(13-16)14-19(20,21)22;/h15-17H,4-14H2,1-3H3,(H2,23,24,25);1H. The number of hydrogen-bond donors (Lipinski definition) is 2. The van der Waals surface area contributed by atoms with Gasteiger partial charge in [-0.05, 0) is 31.2 Å². The van der Waals surface area contributed by atoms with E-state index in [9.17, 15) is 13.2 Å². The van der Waals surface area contributed by atoms with Gasteiger partial charge in [-0.1, -0.05) is 13.8 Å². The van der Waals surface area contributed by atoms with Crippen LogP contribution in [-0.4, -0.2) is 94.1 Å². The van der Waals surface area contributed by atoms with Crippen molar-refractivity contribution in [2.24, 2.45) is 16.8 Å². The molecule has 0 saturated carbocycles. The molecule has 0 radical (unpaired) electrons. The van der Waals surface area contributed by atoms with E-state index in [2.05, 4.69) is 34.4 Å². The number of nitrogens with zero attached hydrogens (tertiary/aromatic N) is 3. The summed E-state index contributed by atoms with van der Waals surface area (Å²) in [5.41, 5.74) is 0. The molecule has 2 N–H and O–H groups in total. The van der Waals surface area contributed by atoms with E-state index < -0.39 is 12.7 Å². The fraction of sp³-hybridized carbons (Fsp3) is 0.947. The molecule has 2 aliphatic rings. The summed E-state index contributed by atoms with van der Waals surface area (Å²) in [5.74, 6) is 1.53. The molecule has 0 aliphatic carbocycles. The third kappa shape index (κ3) is 10.5. The van der Waals surface area contributed by atoms with Crippen LogP contribution < -0.4 is 10.6 Å². The van der Waals surface area contributed by atoms with Crippen LogP contribution in [0.1, 0.15) is 26.7 Å². The smallest absolute Gasteiger partial charge is 0.379 e. The predicted octanol–water partition coefficient (Wildman–Crippen LogP) is 2.40. The molecule has 2 unspecified atom stereocenters. The maximum absolute atomic E-state index is 12.5. The average molecular weight is 535 g/mol. The zero-order valence-corrected chi connectivity index (χ0v) is 20.1. The molecule has 6 nitrogen and oxygen atoms in total. The number of alkyl halides is 3. The number of nitrogens with one attached hydrogen (secondary N) is 2. The van der Waals surface area contributed by atoms with Crippen molar-refractivity contribution in [3.05, 3.63) is 0 Å². The number of likely N-dealkylation sites (tertiary alicyclic amines) is 1. The quantitative estimate of drug-likeness (QED) is 0.284. The second-order valence-corrected chi connectivity index (χ2v) is 8.27. The van der Waals surface area contributed by atoms with Crippen molar-refractivity contribution in [3.63, 3.8) is 0 Å². The molecule has 2 aliphatic heterocycles. The van der Waals surface area contributed by atoms with E-state index >= 15 is 0 Å². The van der Waals surface area contributed by atoms with Crippen LogP contribution in [0.15, 0.2) is 4.99 Å². The van der Waals surface area contributed by atoms with E-state index in [0.29, 0.717) is 31.6 Å². The van der Waals surface area contributed by atoms with E-state index in [-0.39, 0.29) is 29.9 Å². The maximum atomic E-state index is 12.5. The summed E-state index contributed by atoms with van der Waals surface area (Å²) in [4.78, 5) is 8.24. The lowest BCUT2D eigenvalue weighted by molar-refractivity contribution is -0.143. The third-order valence-corrected chi connectivity index (χ3v) is 5.37. The van der Waals surface area contributed by atoms with Gasteiger partial charge in [-0.15, -0.1) is 24.0 Å². The fourth-order valence-electron chi connectivity index (χ4n) is 4.00. The fourth-order valence-corrected chi connectivity index (χ4v) is 4.00. The van der Waals surface area contributed by atoms with Crippen LogP contribution in [0.4, 0.5) is 13.2 Å². The Morgan fingerprint density at radius 3 is 2.45 bits per heavy atom. The van der Waals surface area contributed by atoms with Crippen LogP contribution in [0.3, 0.4) is 0 Å². The molecule has 2 atom stereocenters. The Labute approximate surface area is 190 Å². The predicted molar refractivity (Wildman–Crippen MR) is 121 cm³/mol. The van der Waals surface area contributed by atoms with Crippen molar-refractivity contribution in [3.8, 4) is 0 Å². The second-order valence-electron chi connectivity index (χ2n) is 8.27. The normalized spacial score (nSPS) is 23.1. The van der Waals surface area contributed by atoms with Gasteiger partial charge in [0.15, 0.2) is 5.96 Å². The molecule has 0 spiro atoms. The van der Waals surface area contributed by atoms with Crippen molar-refractivity contribution in [2.45, 2.75) is 38.9 Å². The number of rotatable bonds is 8. The van der Waals surface area contributed by atoms with Gasteiger partial charge < -0.3 is 15.4 Å². The lowest BCUT2D eigenvalue weighted by Crippen LogP contribution is -2.51. The molecule has 172 valence electrons.